The maximum Gasteiger partial charge on any atom is 0.339 e. The van der Waals surface area contributed by atoms with E-state index in [4.69, 9.17) is 0 Å². The molecule has 1 amide bonds. The van der Waals surface area contributed by atoms with Crippen LogP contribution in [0.3, 0.4) is 0 Å². The summed E-state index contributed by atoms with van der Waals surface area (Å²) in [6, 6.07) is 18.8. The van der Waals surface area contributed by atoms with Gasteiger partial charge in [-0.25, -0.2) is 9.78 Å². The Bertz CT molecular complexity index is 1240. The molecule has 5 rings (SSSR count). The normalized spacial score (nSPS) is 25.1. The molecule has 2 bridgehead atoms. The number of hydrogen-bond acceptors (Lipinski definition) is 4. The molecule has 2 atom stereocenters. The lowest BCUT2D eigenvalue weighted by atomic mass is 9.57. The molecule has 2 unspecified atom stereocenters. The van der Waals surface area contributed by atoms with Crippen molar-refractivity contribution in [1.29, 1.82) is 0 Å². The molecule has 2 aliphatic rings. The summed E-state index contributed by atoms with van der Waals surface area (Å²) >= 11 is 0. The summed E-state index contributed by atoms with van der Waals surface area (Å²) in [4.78, 5) is 27.9. The Morgan fingerprint density at radius 3 is 2.14 bits per heavy atom. The molecule has 2 saturated carbocycles. The van der Waals surface area contributed by atoms with Crippen LogP contribution in [0.4, 0.5) is 17.2 Å². The van der Waals surface area contributed by atoms with Crippen LogP contribution >= 0.6 is 0 Å². The number of carbonyl (C=O) groups is 2. The number of hydrogen-bond donors (Lipinski definition) is 3. The number of benzene rings is 2. The molecular formula is C30H33N3O3. The highest BCUT2D eigenvalue weighted by atomic mass is 16.4. The Morgan fingerprint density at radius 2 is 1.53 bits per heavy atom. The first-order chi connectivity index (χ1) is 17.3. The van der Waals surface area contributed by atoms with Gasteiger partial charge in [0.15, 0.2) is 0 Å². The fourth-order valence-electron chi connectivity index (χ4n) is 6.51. The molecule has 36 heavy (non-hydrogen) atoms. The number of carbonyl (C=O) groups excluding carboxylic acids is 1. The Kier molecular flexibility index (Phi) is 6.52. The molecule has 0 saturated heterocycles. The highest BCUT2D eigenvalue weighted by molar-refractivity contribution is 6.07. The summed E-state index contributed by atoms with van der Waals surface area (Å²) in [5, 5.41) is 15.3. The van der Waals surface area contributed by atoms with E-state index in [0.29, 0.717) is 5.56 Å². The smallest absolute Gasteiger partial charge is 0.339 e. The predicted octanol–water partition coefficient (Wildman–Crippen LogP) is 6.88. The molecular weight excluding hydrogens is 450 g/mol. The van der Waals surface area contributed by atoms with Crippen LogP contribution < -0.4 is 10.6 Å². The van der Waals surface area contributed by atoms with Gasteiger partial charge in [0.25, 0.3) is 5.91 Å². The fourth-order valence-corrected chi connectivity index (χ4v) is 6.51. The van der Waals surface area contributed by atoms with Gasteiger partial charge in [-0.3, -0.25) is 4.79 Å². The number of carboxylic acid groups (broad SMARTS) is 1. The number of nitrogens with zero attached hydrogens (tertiary/aromatic N) is 1. The summed E-state index contributed by atoms with van der Waals surface area (Å²) < 4.78 is 0. The molecule has 6 nitrogen and oxygen atoms in total. The number of rotatable bonds is 6. The van der Waals surface area contributed by atoms with Gasteiger partial charge in [-0.2, -0.15) is 0 Å². The van der Waals surface area contributed by atoms with E-state index in [-0.39, 0.29) is 16.8 Å². The summed E-state index contributed by atoms with van der Waals surface area (Å²) in [6.45, 7) is 4.86. The Hall–Kier alpha value is -3.67. The zero-order valence-electron chi connectivity index (χ0n) is 20.8. The van der Waals surface area contributed by atoms with Crippen molar-refractivity contribution < 1.29 is 14.7 Å². The van der Waals surface area contributed by atoms with E-state index < -0.39 is 11.9 Å². The number of aromatic nitrogens is 1. The molecule has 0 radical (unpaired) electrons. The predicted molar refractivity (Wildman–Crippen MR) is 142 cm³/mol. The third-order valence-electron chi connectivity index (χ3n) is 7.90. The summed E-state index contributed by atoms with van der Waals surface area (Å²) in [6.07, 6.45) is 8.19. The van der Waals surface area contributed by atoms with Gasteiger partial charge in [-0.1, -0.05) is 26.0 Å². The van der Waals surface area contributed by atoms with Gasteiger partial charge in [0.2, 0.25) is 0 Å². The molecule has 1 heterocycles. The molecule has 0 spiro atoms. The first-order valence-electron chi connectivity index (χ1n) is 12.8. The second kappa shape index (κ2) is 9.76. The van der Waals surface area contributed by atoms with Crippen LogP contribution in [-0.4, -0.2) is 22.0 Å². The lowest BCUT2D eigenvalue weighted by molar-refractivity contribution is 0.0697. The number of fused-ring (bicyclic) bond motifs is 2. The summed E-state index contributed by atoms with van der Waals surface area (Å²) in [7, 11) is 0. The van der Waals surface area contributed by atoms with Gasteiger partial charge >= 0.3 is 5.97 Å². The second-order valence-electron chi connectivity index (χ2n) is 11.0. The van der Waals surface area contributed by atoms with Crippen molar-refractivity contribution in [3.05, 3.63) is 83.6 Å². The van der Waals surface area contributed by atoms with E-state index in [0.717, 1.165) is 29.1 Å². The third-order valence-corrected chi connectivity index (χ3v) is 7.90. The molecule has 6 heteroatoms. The second-order valence-corrected chi connectivity index (χ2v) is 11.0. The lowest BCUT2D eigenvalue weighted by Crippen LogP contribution is -2.38. The molecule has 2 aliphatic carbocycles. The van der Waals surface area contributed by atoms with Gasteiger partial charge in [0.1, 0.15) is 11.4 Å². The van der Waals surface area contributed by atoms with E-state index in [1.165, 1.54) is 56.0 Å². The molecule has 2 aromatic carbocycles. The quantitative estimate of drug-likeness (QED) is 0.355. The van der Waals surface area contributed by atoms with Crippen molar-refractivity contribution in [3.63, 3.8) is 0 Å². The van der Waals surface area contributed by atoms with Crippen LogP contribution in [0.1, 0.15) is 72.2 Å². The minimum absolute atomic E-state index is 0.0297. The Morgan fingerprint density at radius 1 is 0.917 bits per heavy atom. The minimum atomic E-state index is -1.14. The van der Waals surface area contributed by atoms with E-state index in [2.05, 4.69) is 53.7 Å². The van der Waals surface area contributed by atoms with Crippen LogP contribution in [0, 0.1) is 17.8 Å². The maximum atomic E-state index is 12.6. The number of aromatic carboxylic acids is 1. The number of nitrogens with one attached hydrogen (secondary N) is 2. The topological polar surface area (TPSA) is 91.3 Å². The van der Waals surface area contributed by atoms with E-state index in [9.17, 15) is 14.7 Å². The monoisotopic (exact) mass is 483 g/mol. The first-order valence-corrected chi connectivity index (χ1v) is 12.8. The Balaban J connectivity index is 1.22. The largest absolute Gasteiger partial charge is 0.478 e. The minimum Gasteiger partial charge on any atom is -0.478 e. The summed E-state index contributed by atoms with van der Waals surface area (Å²) in [5.74, 6) is 1.08. The molecule has 2 fully saturated rings. The number of anilines is 3. The van der Waals surface area contributed by atoms with Gasteiger partial charge in [0, 0.05) is 23.1 Å². The zero-order valence-corrected chi connectivity index (χ0v) is 20.8. The van der Waals surface area contributed by atoms with Gasteiger partial charge in [0.05, 0.1) is 0 Å². The van der Waals surface area contributed by atoms with E-state index >= 15 is 0 Å². The van der Waals surface area contributed by atoms with Crippen molar-refractivity contribution in [1.82, 2.24) is 4.98 Å². The molecule has 0 aliphatic heterocycles. The van der Waals surface area contributed by atoms with Crippen molar-refractivity contribution in [2.75, 3.05) is 10.6 Å². The molecule has 1 aromatic heterocycles. The highest BCUT2D eigenvalue weighted by Gasteiger charge is 2.41. The van der Waals surface area contributed by atoms with E-state index in [1.807, 2.05) is 12.1 Å². The van der Waals surface area contributed by atoms with Crippen LogP contribution in [0.25, 0.3) is 0 Å². The lowest BCUT2D eigenvalue weighted by Gasteiger charge is -2.47. The van der Waals surface area contributed by atoms with Gasteiger partial charge in [-0.15, -0.1) is 0 Å². The standard InChI is InChI=1S/C30H33N3O3/c1-19-14-20-16-21(15-19)18-30(2,17-20)23-7-11-25(12-8-23)32-24-9-5-22(6-10-24)28(34)33-27-26(29(35)36)4-3-13-31-27/h3-13,19-21,32H,14-18H2,1-2H3,(H,35,36)(H,31,33,34). The summed E-state index contributed by atoms with van der Waals surface area (Å²) in [5.41, 5.74) is 3.93. The van der Waals surface area contributed by atoms with Crippen molar-refractivity contribution in [2.24, 2.45) is 17.8 Å². The van der Waals surface area contributed by atoms with Crippen molar-refractivity contribution in [2.45, 2.75) is 51.4 Å². The van der Waals surface area contributed by atoms with Crippen molar-refractivity contribution >= 4 is 29.1 Å². The van der Waals surface area contributed by atoms with Crippen LogP contribution in [-0.2, 0) is 5.41 Å². The van der Waals surface area contributed by atoms with Gasteiger partial charge < -0.3 is 15.7 Å². The fraction of sp³-hybridized carbons (Fsp3) is 0.367. The van der Waals surface area contributed by atoms with Crippen LogP contribution in [0.5, 0.6) is 0 Å². The molecule has 186 valence electrons. The highest BCUT2D eigenvalue weighted by Crippen LogP contribution is 2.51. The van der Waals surface area contributed by atoms with Crippen LogP contribution in [0.2, 0.25) is 0 Å². The molecule has 3 aromatic rings. The number of carboxylic acids is 1. The SMILES string of the molecule is CC1CC2CC(C1)CC(C)(c1ccc(Nc3ccc(C(=O)Nc4ncccc4C(=O)O)cc3)cc1)C2. The number of amides is 1. The number of pyridine rings is 1. The average Bonchev–Trinajstić information content (AvgIpc) is 2.84. The first kappa shape index (κ1) is 24.0. The van der Waals surface area contributed by atoms with E-state index in [1.54, 1.807) is 12.1 Å². The maximum absolute atomic E-state index is 12.6. The van der Waals surface area contributed by atoms with Crippen LogP contribution in [0.15, 0.2) is 66.9 Å². The Labute approximate surface area is 212 Å². The zero-order chi connectivity index (χ0) is 25.3. The van der Waals surface area contributed by atoms with Crippen molar-refractivity contribution in [3.8, 4) is 0 Å². The third kappa shape index (κ3) is 5.13. The van der Waals surface area contributed by atoms with Gasteiger partial charge in [-0.05, 0) is 109 Å². The average molecular weight is 484 g/mol. The molecule has 3 N–H and O–H groups in total.